The quantitative estimate of drug-likeness (QED) is 0.734. The molecule has 0 unspecified atom stereocenters. The van der Waals surface area contributed by atoms with E-state index in [1.807, 2.05) is 27.7 Å². The number of rotatable bonds is 5. The predicted molar refractivity (Wildman–Crippen MR) is 71.2 cm³/mol. The van der Waals surface area contributed by atoms with Crippen LogP contribution in [0, 0.1) is 5.41 Å². The highest BCUT2D eigenvalue weighted by molar-refractivity contribution is 5.92. The van der Waals surface area contributed by atoms with Gasteiger partial charge in [-0.1, -0.05) is 19.9 Å². The summed E-state index contributed by atoms with van der Waals surface area (Å²) in [5, 5.41) is 13.3. The molecule has 4 nitrogen and oxygen atoms in total. The topological polar surface area (TPSA) is 58.6 Å². The third kappa shape index (κ3) is 2.59. The second kappa shape index (κ2) is 5.41. The number of hydrogen-bond donors (Lipinski definition) is 2. The van der Waals surface area contributed by atoms with Gasteiger partial charge in [-0.25, -0.2) is 0 Å². The molecule has 0 aliphatic heterocycles. The van der Waals surface area contributed by atoms with E-state index in [2.05, 4.69) is 5.32 Å². The lowest BCUT2D eigenvalue weighted by Gasteiger charge is -2.57. The third-order valence-electron chi connectivity index (χ3n) is 4.23. The Labute approximate surface area is 109 Å². The van der Waals surface area contributed by atoms with Crippen molar-refractivity contribution in [2.75, 3.05) is 13.2 Å². The fraction of sp³-hybridized carbons (Fsp3) is 0.786. The van der Waals surface area contributed by atoms with E-state index in [0.717, 1.165) is 0 Å². The zero-order valence-electron chi connectivity index (χ0n) is 12.0. The van der Waals surface area contributed by atoms with Crippen LogP contribution in [-0.4, -0.2) is 35.9 Å². The van der Waals surface area contributed by atoms with E-state index in [-0.39, 0.29) is 24.0 Å². The van der Waals surface area contributed by atoms with E-state index >= 15 is 0 Å². The number of hydrogen-bond acceptors (Lipinski definition) is 3. The summed E-state index contributed by atoms with van der Waals surface area (Å²) < 4.78 is 5.58. The van der Waals surface area contributed by atoms with Crippen molar-refractivity contribution in [3.63, 3.8) is 0 Å². The van der Waals surface area contributed by atoms with Crippen molar-refractivity contribution in [2.24, 2.45) is 5.41 Å². The van der Waals surface area contributed by atoms with Crippen molar-refractivity contribution in [1.29, 1.82) is 0 Å². The molecule has 18 heavy (non-hydrogen) atoms. The minimum absolute atomic E-state index is 0.0622. The smallest absolute Gasteiger partial charge is 0.246 e. The van der Waals surface area contributed by atoms with Gasteiger partial charge in [-0.05, 0) is 20.8 Å². The molecule has 0 radical (unpaired) electrons. The summed E-state index contributed by atoms with van der Waals surface area (Å²) in [6.45, 7) is 10.4. The molecule has 1 rings (SSSR count). The van der Waals surface area contributed by atoms with E-state index in [0.29, 0.717) is 18.6 Å². The second-order valence-electron chi connectivity index (χ2n) is 5.56. The average Bonchev–Trinajstić information content (AvgIpc) is 2.34. The zero-order valence-corrected chi connectivity index (χ0v) is 12.0. The first kappa shape index (κ1) is 15.2. The van der Waals surface area contributed by atoms with Crippen molar-refractivity contribution in [3.05, 3.63) is 11.6 Å². The Morgan fingerprint density at radius 2 is 2.17 bits per heavy atom. The minimum Gasteiger partial charge on any atom is -0.387 e. The summed E-state index contributed by atoms with van der Waals surface area (Å²) in [5.41, 5.74) is -0.548. The largest absolute Gasteiger partial charge is 0.387 e. The third-order valence-corrected chi connectivity index (χ3v) is 4.23. The normalized spacial score (nSPS) is 30.8. The first-order valence-electron chi connectivity index (χ1n) is 6.53. The molecule has 0 heterocycles. The van der Waals surface area contributed by atoms with Gasteiger partial charge < -0.3 is 15.2 Å². The Morgan fingerprint density at radius 1 is 1.56 bits per heavy atom. The van der Waals surface area contributed by atoms with E-state index in [4.69, 9.17) is 4.74 Å². The van der Waals surface area contributed by atoms with Crippen LogP contribution in [0.3, 0.4) is 0 Å². The molecular formula is C14H25NO3. The molecule has 4 heteroatoms. The lowest BCUT2D eigenvalue weighted by atomic mass is 9.56. The van der Waals surface area contributed by atoms with Gasteiger partial charge in [-0.2, -0.15) is 0 Å². The van der Waals surface area contributed by atoms with Crippen molar-refractivity contribution < 1.29 is 14.6 Å². The fourth-order valence-corrected chi connectivity index (χ4v) is 2.26. The molecule has 0 aromatic carbocycles. The highest BCUT2D eigenvalue weighted by atomic mass is 16.5. The molecule has 1 amide bonds. The highest BCUT2D eigenvalue weighted by Crippen LogP contribution is 2.50. The zero-order chi connectivity index (χ0) is 14.0. The van der Waals surface area contributed by atoms with Crippen molar-refractivity contribution >= 4 is 5.91 Å². The van der Waals surface area contributed by atoms with Gasteiger partial charge in [-0.3, -0.25) is 4.79 Å². The van der Waals surface area contributed by atoms with Crippen LogP contribution in [0.15, 0.2) is 11.6 Å². The fourth-order valence-electron chi connectivity index (χ4n) is 2.26. The maximum atomic E-state index is 11.7. The number of carbonyl (C=O) groups excluding carboxylic acids is 1. The predicted octanol–water partition coefficient (Wildman–Crippen LogP) is 1.63. The van der Waals surface area contributed by atoms with Crippen LogP contribution in [0.25, 0.3) is 0 Å². The van der Waals surface area contributed by atoms with Crippen LogP contribution in [0.4, 0.5) is 0 Å². The molecule has 1 fully saturated rings. The Balaban J connectivity index is 2.56. The average molecular weight is 255 g/mol. The molecule has 0 aromatic heterocycles. The van der Waals surface area contributed by atoms with Crippen molar-refractivity contribution in [2.45, 2.75) is 52.7 Å². The van der Waals surface area contributed by atoms with Crippen LogP contribution in [0.5, 0.6) is 0 Å². The number of aliphatic hydroxyl groups is 1. The highest BCUT2D eigenvalue weighted by Gasteiger charge is 2.59. The van der Waals surface area contributed by atoms with Gasteiger partial charge in [0, 0.05) is 30.6 Å². The maximum Gasteiger partial charge on any atom is 0.246 e. The van der Waals surface area contributed by atoms with Gasteiger partial charge in [0.1, 0.15) is 0 Å². The molecule has 1 aliphatic rings. The minimum atomic E-state index is -0.878. The number of ether oxygens (including phenoxy) is 1. The lowest BCUT2D eigenvalue weighted by Crippen LogP contribution is -2.68. The molecule has 0 saturated heterocycles. The second-order valence-corrected chi connectivity index (χ2v) is 5.56. The van der Waals surface area contributed by atoms with Crippen LogP contribution in [0.1, 0.15) is 41.0 Å². The first-order chi connectivity index (χ1) is 8.28. The van der Waals surface area contributed by atoms with Crippen LogP contribution < -0.4 is 5.32 Å². The summed E-state index contributed by atoms with van der Waals surface area (Å²) in [4.78, 5) is 11.7. The van der Waals surface area contributed by atoms with Gasteiger partial charge in [0.25, 0.3) is 0 Å². The molecule has 2 atom stereocenters. The van der Waals surface area contributed by atoms with Gasteiger partial charge in [0.15, 0.2) is 0 Å². The van der Waals surface area contributed by atoms with Crippen LogP contribution >= 0.6 is 0 Å². The van der Waals surface area contributed by atoms with Crippen LogP contribution in [-0.2, 0) is 9.53 Å². The van der Waals surface area contributed by atoms with Gasteiger partial charge in [0.05, 0.1) is 11.7 Å². The Morgan fingerprint density at radius 3 is 2.61 bits per heavy atom. The van der Waals surface area contributed by atoms with Crippen LogP contribution in [0.2, 0.25) is 0 Å². The molecule has 0 aromatic rings. The number of nitrogens with one attached hydrogen (secondary N) is 1. The Bertz CT molecular complexity index is 349. The van der Waals surface area contributed by atoms with Crippen molar-refractivity contribution in [1.82, 2.24) is 5.32 Å². The molecule has 0 bridgehead atoms. The first-order valence-corrected chi connectivity index (χ1v) is 6.53. The molecular weight excluding hydrogens is 230 g/mol. The monoisotopic (exact) mass is 255 g/mol. The Hall–Kier alpha value is -0.870. The van der Waals surface area contributed by atoms with Gasteiger partial charge >= 0.3 is 0 Å². The lowest BCUT2D eigenvalue weighted by molar-refractivity contribution is -0.238. The molecule has 0 spiro atoms. The SMILES string of the molecule is C/C=C(/C)C(=O)NC[C@]1(O)C[C@@H](OCC)C1(C)C. The number of carbonyl (C=O) groups is 1. The molecule has 1 aliphatic carbocycles. The Kier molecular flexibility index (Phi) is 4.56. The standard InChI is InChI=1S/C14H25NO3/c1-6-10(3)12(16)15-9-14(17)8-11(18-7-2)13(14,4)5/h6,11,17H,7-9H2,1-5H3,(H,15,16)/b10-6-/t11-,14-/m1/s1. The number of allylic oxidation sites excluding steroid dienone is 1. The molecule has 2 N–H and O–H groups in total. The van der Waals surface area contributed by atoms with Gasteiger partial charge in [-0.15, -0.1) is 0 Å². The van der Waals surface area contributed by atoms with Gasteiger partial charge in [0.2, 0.25) is 5.91 Å². The molecule has 104 valence electrons. The summed E-state index contributed by atoms with van der Waals surface area (Å²) in [6, 6.07) is 0. The van der Waals surface area contributed by atoms with E-state index in [9.17, 15) is 9.90 Å². The van der Waals surface area contributed by atoms with E-state index in [1.165, 1.54) is 0 Å². The van der Waals surface area contributed by atoms with E-state index < -0.39 is 5.60 Å². The summed E-state index contributed by atoms with van der Waals surface area (Å²) >= 11 is 0. The summed E-state index contributed by atoms with van der Waals surface area (Å²) in [5.74, 6) is -0.124. The molecule has 1 saturated carbocycles. The summed E-state index contributed by atoms with van der Waals surface area (Å²) in [6.07, 6.45) is 2.39. The number of amides is 1. The maximum absolute atomic E-state index is 11.7. The van der Waals surface area contributed by atoms with E-state index in [1.54, 1.807) is 13.0 Å². The summed E-state index contributed by atoms with van der Waals surface area (Å²) in [7, 11) is 0. The van der Waals surface area contributed by atoms with Crippen molar-refractivity contribution in [3.8, 4) is 0 Å².